The second-order valence-electron chi connectivity index (χ2n) is 0.911. The summed E-state index contributed by atoms with van der Waals surface area (Å²) in [5.41, 5.74) is 9.81. The normalized spacial score (nSPS) is 5.62. The molecule has 0 unspecified atom stereocenters. The number of rotatable bonds is 1. The minimum absolute atomic E-state index is 0.597. The average Bonchev–Trinajstić information content (AvgIpc) is 1.88. The van der Waals surface area contributed by atoms with Gasteiger partial charge in [0.05, 0.1) is 6.07 Å². The first kappa shape index (κ1) is 10.2. The van der Waals surface area contributed by atoms with Crippen molar-refractivity contribution in [3.63, 3.8) is 0 Å². The van der Waals surface area contributed by atoms with E-state index in [1.807, 2.05) is 0 Å². The van der Waals surface area contributed by atoms with Crippen molar-refractivity contribution in [2.45, 2.75) is 0 Å². The lowest BCUT2D eigenvalue weighted by Gasteiger charge is -1.72. The summed E-state index contributed by atoms with van der Waals surface area (Å²) in [6.07, 6.45) is 1.18. The second kappa shape index (κ2) is 16.4. The van der Waals surface area contributed by atoms with E-state index >= 15 is 0 Å². The van der Waals surface area contributed by atoms with Crippen molar-refractivity contribution in [3.05, 3.63) is 12.7 Å². The van der Waals surface area contributed by atoms with Crippen LogP contribution in [0.4, 0.5) is 0 Å². The Hall–Kier alpha value is -0.850. The van der Waals surface area contributed by atoms with Crippen LogP contribution in [0.3, 0.4) is 0 Å². The van der Waals surface area contributed by atoms with E-state index in [9.17, 15) is 0 Å². The molecule has 0 aromatic rings. The lowest BCUT2D eigenvalue weighted by Crippen LogP contribution is -2.11. The Balaban J connectivity index is 0. The highest BCUT2D eigenvalue weighted by Crippen LogP contribution is 1.41. The average molecular weight is 113 g/mol. The molecule has 0 radical (unpaired) electrons. The number of hydrogen-bond donors (Lipinski definition) is 2. The Bertz CT molecular complexity index is 70.2. The zero-order valence-electron chi connectivity index (χ0n) is 4.80. The summed E-state index contributed by atoms with van der Waals surface area (Å²) in [6.45, 7) is 4.31. The minimum atomic E-state index is 0.597. The smallest absolute Gasteiger partial charge is 0.0905 e. The molecule has 3 nitrogen and oxygen atoms in total. The second-order valence-corrected chi connectivity index (χ2v) is 0.911. The fraction of sp³-hybridized carbons (Fsp3) is 0.400. The van der Waals surface area contributed by atoms with Crippen LogP contribution < -0.4 is 11.5 Å². The van der Waals surface area contributed by atoms with Crippen molar-refractivity contribution < 1.29 is 0 Å². The molecule has 0 aromatic heterocycles. The van der Waals surface area contributed by atoms with Crippen LogP contribution in [-0.4, -0.2) is 13.1 Å². The quantitative estimate of drug-likeness (QED) is 0.454. The third-order valence-electron chi connectivity index (χ3n) is 0.258. The molecule has 4 N–H and O–H groups in total. The van der Waals surface area contributed by atoms with Gasteiger partial charge in [0.15, 0.2) is 0 Å². The molecule has 46 valence electrons. The summed E-state index contributed by atoms with van der Waals surface area (Å²) in [5.74, 6) is 0. The Kier molecular flexibility index (Phi) is 21.0. The van der Waals surface area contributed by atoms with Crippen molar-refractivity contribution in [1.82, 2.24) is 0 Å². The number of allylic oxidation sites excluding steroid dienone is 1. The van der Waals surface area contributed by atoms with Crippen LogP contribution >= 0.6 is 0 Å². The molecule has 0 amide bonds. The molecule has 0 heterocycles. The highest BCUT2D eigenvalue weighted by atomic mass is 14.6. The Labute approximate surface area is 49.6 Å². The largest absolute Gasteiger partial charge is 0.329 e. The van der Waals surface area contributed by atoms with E-state index in [0.717, 1.165) is 0 Å². The Morgan fingerprint density at radius 2 is 1.75 bits per heavy atom. The van der Waals surface area contributed by atoms with Gasteiger partial charge < -0.3 is 11.5 Å². The Morgan fingerprint density at radius 3 is 1.75 bits per heavy atom. The molecule has 0 saturated carbocycles. The topological polar surface area (TPSA) is 75.8 Å². The third-order valence-corrected chi connectivity index (χ3v) is 0.258. The summed E-state index contributed by atoms with van der Waals surface area (Å²) in [6, 6.07) is 1.69. The molecule has 0 spiro atoms. The van der Waals surface area contributed by atoms with Crippen molar-refractivity contribution in [2.24, 2.45) is 11.5 Å². The van der Waals surface area contributed by atoms with Crippen molar-refractivity contribution >= 4 is 0 Å². The van der Waals surface area contributed by atoms with E-state index in [-0.39, 0.29) is 0 Å². The SMILES string of the molecule is C=CC#N.NCCN. The molecule has 0 aliphatic carbocycles. The molecule has 0 atom stereocenters. The van der Waals surface area contributed by atoms with E-state index in [1.54, 1.807) is 6.07 Å². The number of nitrogens with zero attached hydrogens (tertiary/aromatic N) is 1. The van der Waals surface area contributed by atoms with Gasteiger partial charge in [0.2, 0.25) is 0 Å². The highest BCUT2D eigenvalue weighted by Gasteiger charge is 1.54. The third kappa shape index (κ3) is 67.1. The van der Waals surface area contributed by atoms with Crippen molar-refractivity contribution in [3.8, 4) is 6.07 Å². The van der Waals surface area contributed by atoms with Gasteiger partial charge in [0.25, 0.3) is 0 Å². The van der Waals surface area contributed by atoms with Gasteiger partial charge in [-0.3, -0.25) is 0 Å². The molecule has 0 bridgehead atoms. The summed E-state index contributed by atoms with van der Waals surface area (Å²) >= 11 is 0. The Morgan fingerprint density at radius 1 is 1.50 bits per heavy atom. The van der Waals surface area contributed by atoms with E-state index in [2.05, 4.69) is 6.58 Å². The summed E-state index contributed by atoms with van der Waals surface area (Å²) in [7, 11) is 0. The molecular weight excluding hydrogens is 102 g/mol. The lowest BCUT2D eigenvalue weighted by atomic mass is 10.7. The van der Waals surface area contributed by atoms with E-state index in [0.29, 0.717) is 13.1 Å². The van der Waals surface area contributed by atoms with Gasteiger partial charge in [-0.15, -0.1) is 0 Å². The molecule has 8 heavy (non-hydrogen) atoms. The minimum Gasteiger partial charge on any atom is -0.329 e. The fourth-order valence-electron chi connectivity index (χ4n) is 0. The van der Waals surface area contributed by atoms with Gasteiger partial charge in [-0.1, -0.05) is 6.58 Å². The highest BCUT2D eigenvalue weighted by molar-refractivity contribution is 4.93. The maximum absolute atomic E-state index is 7.51. The lowest BCUT2D eigenvalue weighted by molar-refractivity contribution is 0.976. The first-order chi connectivity index (χ1) is 3.83. The van der Waals surface area contributed by atoms with Crippen LogP contribution in [0.25, 0.3) is 0 Å². The van der Waals surface area contributed by atoms with Crippen LogP contribution in [-0.2, 0) is 0 Å². The van der Waals surface area contributed by atoms with Gasteiger partial charge in [-0.2, -0.15) is 5.26 Å². The van der Waals surface area contributed by atoms with Crippen LogP contribution in [0, 0.1) is 11.3 Å². The molecule has 3 heteroatoms. The van der Waals surface area contributed by atoms with Gasteiger partial charge in [-0.05, 0) is 0 Å². The zero-order chi connectivity index (χ0) is 6.83. The van der Waals surface area contributed by atoms with Crippen LogP contribution in [0.1, 0.15) is 0 Å². The maximum atomic E-state index is 7.51. The van der Waals surface area contributed by atoms with Gasteiger partial charge >= 0.3 is 0 Å². The summed E-state index contributed by atoms with van der Waals surface area (Å²) in [4.78, 5) is 0. The summed E-state index contributed by atoms with van der Waals surface area (Å²) in [5, 5.41) is 7.51. The first-order valence-electron chi connectivity index (χ1n) is 2.24. The zero-order valence-corrected chi connectivity index (χ0v) is 4.80. The van der Waals surface area contributed by atoms with E-state index < -0.39 is 0 Å². The molecule has 0 saturated heterocycles. The van der Waals surface area contributed by atoms with Crippen LogP contribution in [0.5, 0.6) is 0 Å². The van der Waals surface area contributed by atoms with Crippen LogP contribution in [0.2, 0.25) is 0 Å². The monoisotopic (exact) mass is 113 g/mol. The van der Waals surface area contributed by atoms with E-state index in [1.165, 1.54) is 6.08 Å². The summed E-state index contributed by atoms with van der Waals surface area (Å²) < 4.78 is 0. The molecular formula is C5H11N3. The van der Waals surface area contributed by atoms with Gasteiger partial charge in [0, 0.05) is 19.2 Å². The molecule has 0 aliphatic heterocycles. The van der Waals surface area contributed by atoms with Crippen molar-refractivity contribution in [2.75, 3.05) is 13.1 Å². The fourth-order valence-corrected chi connectivity index (χ4v) is 0. The standard InChI is InChI=1S/C3H3N.C2H8N2/c1-2-3-4;3-1-2-4/h2H,1H2;1-4H2. The van der Waals surface area contributed by atoms with Gasteiger partial charge in [0.1, 0.15) is 0 Å². The number of hydrogen-bond acceptors (Lipinski definition) is 3. The maximum Gasteiger partial charge on any atom is 0.0905 e. The predicted octanol–water partition coefficient (Wildman–Crippen LogP) is -0.400. The first-order valence-corrected chi connectivity index (χ1v) is 2.24. The van der Waals surface area contributed by atoms with Crippen LogP contribution in [0.15, 0.2) is 12.7 Å². The van der Waals surface area contributed by atoms with Crippen molar-refractivity contribution in [1.29, 1.82) is 5.26 Å². The number of nitriles is 1. The van der Waals surface area contributed by atoms with Gasteiger partial charge in [-0.25, -0.2) is 0 Å². The number of nitrogens with two attached hydrogens (primary N) is 2. The predicted molar refractivity (Wildman–Crippen MR) is 33.9 cm³/mol. The molecule has 0 rings (SSSR count). The molecule has 0 fully saturated rings. The molecule has 0 aliphatic rings. The van der Waals surface area contributed by atoms with E-state index in [4.69, 9.17) is 16.7 Å². The molecule has 0 aromatic carbocycles.